The Morgan fingerprint density at radius 3 is 2.22 bits per heavy atom. The molecule has 0 amide bonds. The Hall–Kier alpha value is -3.52. The van der Waals surface area contributed by atoms with Crippen LogP contribution in [0, 0.1) is 0 Å². The topological polar surface area (TPSA) is 105 Å². The van der Waals surface area contributed by atoms with E-state index in [0.29, 0.717) is 11.1 Å². The van der Waals surface area contributed by atoms with Crippen molar-refractivity contribution in [2.45, 2.75) is 24.9 Å². The third-order valence-corrected chi connectivity index (χ3v) is 6.44. The Labute approximate surface area is 181 Å². The minimum Gasteiger partial charge on any atom is -0.394 e. The SMILES string of the molecule is O=c1[nH]c(=O)n([C@H]2C[C@H](O)[C@@H](CO)O2)cc1-c1cc2ccc3cccc4ccc(c1)c2c34. The van der Waals surface area contributed by atoms with E-state index in [0.717, 1.165) is 26.9 Å². The molecule has 2 heterocycles. The highest BCUT2D eigenvalue weighted by molar-refractivity contribution is 6.23. The van der Waals surface area contributed by atoms with Crippen LogP contribution in [0.15, 0.2) is 70.4 Å². The van der Waals surface area contributed by atoms with Gasteiger partial charge in [0.1, 0.15) is 12.3 Å². The molecule has 0 unspecified atom stereocenters. The van der Waals surface area contributed by atoms with Crippen LogP contribution in [-0.2, 0) is 4.74 Å². The number of hydrogen-bond donors (Lipinski definition) is 3. The molecule has 1 fully saturated rings. The maximum atomic E-state index is 12.7. The molecule has 6 rings (SSSR count). The molecule has 1 aliphatic heterocycles. The van der Waals surface area contributed by atoms with Gasteiger partial charge >= 0.3 is 5.69 Å². The summed E-state index contributed by atoms with van der Waals surface area (Å²) < 4.78 is 6.90. The summed E-state index contributed by atoms with van der Waals surface area (Å²) in [6.07, 6.45) is -0.789. The van der Waals surface area contributed by atoms with Crippen LogP contribution in [0.25, 0.3) is 43.4 Å². The molecule has 7 heteroatoms. The van der Waals surface area contributed by atoms with E-state index >= 15 is 0 Å². The number of H-pyrrole nitrogens is 1. The minimum atomic E-state index is -0.884. The van der Waals surface area contributed by atoms with E-state index in [1.165, 1.54) is 16.2 Å². The van der Waals surface area contributed by atoms with Crippen molar-refractivity contribution in [1.29, 1.82) is 0 Å². The lowest BCUT2D eigenvalue weighted by atomic mass is 9.92. The first-order valence-electron chi connectivity index (χ1n) is 10.5. The summed E-state index contributed by atoms with van der Waals surface area (Å²) in [4.78, 5) is 27.6. The minimum absolute atomic E-state index is 0.150. The molecular formula is C25H20N2O5. The molecule has 3 N–H and O–H groups in total. The predicted octanol–water partition coefficient (Wildman–Crippen LogP) is 2.74. The zero-order valence-corrected chi connectivity index (χ0v) is 17.0. The van der Waals surface area contributed by atoms with E-state index in [4.69, 9.17) is 4.74 Å². The maximum Gasteiger partial charge on any atom is 0.330 e. The highest BCUT2D eigenvalue weighted by atomic mass is 16.5. The van der Waals surface area contributed by atoms with Crippen molar-refractivity contribution in [3.8, 4) is 11.1 Å². The van der Waals surface area contributed by atoms with Crippen molar-refractivity contribution >= 4 is 32.3 Å². The molecule has 32 heavy (non-hydrogen) atoms. The fourth-order valence-corrected chi connectivity index (χ4v) is 4.86. The molecule has 1 saturated heterocycles. The third kappa shape index (κ3) is 2.79. The van der Waals surface area contributed by atoms with Gasteiger partial charge in [0.05, 0.1) is 18.3 Å². The van der Waals surface area contributed by atoms with E-state index in [1.54, 1.807) is 0 Å². The van der Waals surface area contributed by atoms with Crippen LogP contribution in [0.1, 0.15) is 12.6 Å². The second-order valence-electron chi connectivity index (χ2n) is 8.33. The first-order valence-corrected chi connectivity index (χ1v) is 10.5. The smallest absolute Gasteiger partial charge is 0.330 e. The summed E-state index contributed by atoms with van der Waals surface area (Å²) in [6, 6.07) is 18.4. The lowest BCUT2D eigenvalue weighted by molar-refractivity contribution is -0.0458. The van der Waals surface area contributed by atoms with Crippen LogP contribution in [0.4, 0.5) is 0 Å². The summed E-state index contributed by atoms with van der Waals surface area (Å²) in [5.41, 5.74) is -0.0905. The number of benzene rings is 4. The molecule has 7 nitrogen and oxygen atoms in total. The number of rotatable bonds is 3. The summed E-state index contributed by atoms with van der Waals surface area (Å²) in [7, 11) is 0. The zero-order chi connectivity index (χ0) is 22.0. The van der Waals surface area contributed by atoms with Gasteiger partial charge in [-0.1, -0.05) is 42.5 Å². The quantitative estimate of drug-likeness (QED) is 0.383. The number of hydrogen-bond acceptors (Lipinski definition) is 5. The van der Waals surface area contributed by atoms with Crippen LogP contribution in [0.2, 0.25) is 0 Å². The lowest BCUT2D eigenvalue weighted by Gasteiger charge is -2.16. The Kier molecular flexibility index (Phi) is 4.19. The number of aromatic nitrogens is 2. The molecule has 3 atom stereocenters. The molecule has 5 aromatic rings. The predicted molar refractivity (Wildman–Crippen MR) is 122 cm³/mol. The van der Waals surface area contributed by atoms with Gasteiger partial charge in [-0.15, -0.1) is 0 Å². The summed E-state index contributed by atoms with van der Waals surface area (Å²) in [5.74, 6) is 0. The molecule has 0 bridgehead atoms. The van der Waals surface area contributed by atoms with Crippen molar-refractivity contribution in [2.75, 3.05) is 6.61 Å². The Morgan fingerprint density at radius 2 is 1.59 bits per heavy atom. The van der Waals surface area contributed by atoms with Crippen molar-refractivity contribution in [3.05, 3.63) is 81.6 Å². The second-order valence-corrected chi connectivity index (χ2v) is 8.33. The van der Waals surface area contributed by atoms with Crippen LogP contribution < -0.4 is 11.2 Å². The van der Waals surface area contributed by atoms with E-state index in [1.807, 2.05) is 30.3 Å². The summed E-state index contributed by atoms with van der Waals surface area (Å²) >= 11 is 0. The normalized spacial score (nSPS) is 21.2. The fraction of sp³-hybridized carbons (Fsp3) is 0.200. The highest BCUT2D eigenvalue weighted by Crippen LogP contribution is 2.37. The largest absolute Gasteiger partial charge is 0.394 e. The second kappa shape index (κ2) is 7.00. The maximum absolute atomic E-state index is 12.7. The van der Waals surface area contributed by atoms with Crippen LogP contribution >= 0.6 is 0 Å². The van der Waals surface area contributed by atoms with Gasteiger partial charge in [-0.2, -0.15) is 0 Å². The molecule has 160 valence electrons. The van der Waals surface area contributed by atoms with Crippen molar-refractivity contribution in [3.63, 3.8) is 0 Å². The molecule has 0 spiro atoms. The first-order chi connectivity index (χ1) is 15.5. The standard InChI is InChI=1S/C25H20N2O5/c28-12-20-19(29)10-21(32-20)27-11-18(24(30)26-25(27)31)17-8-15-6-4-13-2-1-3-14-5-7-16(9-17)23(15)22(13)14/h1-9,11,19-21,28-29H,10,12H2,(H,26,30,31)/t19-,20+,21+/m0/s1. The first kappa shape index (κ1) is 19.2. The number of aliphatic hydroxyl groups is 2. The van der Waals surface area contributed by atoms with Gasteiger partial charge in [-0.25, -0.2) is 4.79 Å². The van der Waals surface area contributed by atoms with Crippen LogP contribution in [-0.4, -0.2) is 38.6 Å². The lowest BCUT2D eigenvalue weighted by Crippen LogP contribution is -2.33. The van der Waals surface area contributed by atoms with Crippen molar-refractivity contribution in [1.82, 2.24) is 9.55 Å². The Balaban J connectivity index is 1.54. The molecule has 0 aliphatic carbocycles. The van der Waals surface area contributed by atoms with Gasteiger partial charge < -0.3 is 14.9 Å². The Bertz CT molecular complexity index is 1540. The average molecular weight is 428 g/mol. The van der Waals surface area contributed by atoms with E-state index in [9.17, 15) is 19.8 Å². The van der Waals surface area contributed by atoms with Crippen LogP contribution in [0.5, 0.6) is 0 Å². The molecule has 4 aromatic carbocycles. The molecular weight excluding hydrogens is 408 g/mol. The van der Waals surface area contributed by atoms with Gasteiger partial charge in [0.25, 0.3) is 5.56 Å². The van der Waals surface area contributed by atoms with Gasteiger partial charge in [0, 0.05) is 12.6 Å². The average Bonchev–Trinajstić information content (AvgIpc) is 3.17. The number of aromatic amines is 1. The third-order valence-electron chi connectivity index (χ3n) is 6.44. The van der Waals surface area contributed by atoms with Crippen LogP contribution in [0.3, 0.4) is 0 Å². The van der Waals surface area contributed by atoms with Gasteiger partial charge in [0.15, 0.2) is 0 Å². The van der Waals surface area contributed by atoms with E-state index < -0.39 is 29.7 Å². The molecule has 0 saturated carbocycles. The summed E-state index contributed by atoms with van der Waals surface area (Å²) in [5, 5.41) is 26.1. The number of ether oxygens (including phenoxy) is 1. The van der Waals surface area contributed by atoms with Gasteiger partial charge in [-0.05, 0) is 50.0 Å². The zero-order valence-electron chi connectivity index (χ0n) is 17.0. The summed E-state index contributed by atoms with van der Waals surface area (Å²) in [6.45, 7) is -0.348. The molecule has 0 radical (unpaired) electrons. The van der Waals surface area contributed by atoms with Crippen molar-refractivity contribution in [2.24, 2.45) is 0 Å². The number of aliphatic hydroxyl groups excluding tert-OH is 2. The highest BCUT2D eigenvalue weighted by Gasteiger charge is 2.35. The van der Waals surface area contributed by atoms with Gasteiger partial charge in [-0.3, -0.25) is 14.3 Å². The fourth-order valence-electron chi connectivity index (χ4n) is 4.86. The number of nitrogens with one attached hydrogen (secondary N) is 1. The monoisotopic (exact) mass is 428 g/mol. The molecule has 1 aromatic heterocycles. The Morgan fingerprint density at radius 1 is 0.969 bits per heavy atom. The molecule has 1 aliphatic rings. The van der Waals surface area contributed by atoms with Crippen molar-refractivity contribution < 1.29 is 14.9 Å². The van der Waals surface area contributed by atoms with E-state index in [-0.39, 0.29) is 13.0 Å². The van der Waals surface area contributed by atoms with Gasteiger partial charge in [0.2, 0.25) is 0 Å². The number of nitrogens with zero attached hydrogens (tertiary/aromatic N) is 1. The van der Waals surface area contributed by atoms with E-state index in [2.05, 4.69) is 29.2 Å².